The van der Waals surface area contributed by atoms with Crippen molar-refractivity contribution >= 4 is 5.69 Å². The lowest BCUT2D eigenvalue weighted by Crippen LogP contribution is -2.28. The summed E-state index contributed by atoms with van der Waals surface area (Å²) in [6.07, 6.45) is -0.541. The first-order valence-corrected chi connectivity index (χ1v) is 5.78. The highest BCUT2D eigenvalue weighted by Crippen LogP contribution is 2.33. The number of benzene rings is 1. The number of rotatable bonds is 5. The molecule has 1 atom stereocenters. The first kappa shape index (κ1) is 13.8. The third-order valence-electron chi connectivity index (χ3n) is 2.98. The summed E-state index contributed by atoms with van der Waals surface area (Å²) < 4.78 is 5.43. The van der Waals surface area contributed by atoms with Gasteiger partial charge in [0.2, 0.25) is 0 Å². The summed E-state index contributed by atoms with van der Waals surface area (Å²) in [5.74, 6) is 0.840. The fourth-order valence-electron chi connectivity index (χ4n) is 1.83. The van der Waals surface area contributed by atoms with Crippen LogP contribution in [0, 0.1) is 20.8 Å². The minimum absolute atomic E-state index is 0.249. The maximum absolute atomic E-state index is 9.47. The zero-order valence-corrected chi connectivity index (χ0v) is 11.0. The fourth-order valence-corrected chi connectivity index (χ4v) is 1.83. The average Bonchev–Trinajstić information content (AvgIpc) is 2.31. The Labute approximate surface area is 103 Å². The monoisotopic (exact) mass is 238 g/mol. The second-order valence-electron chi connectivity index (χ2n) is 4.31. The van der Waals surface area contributed by atoms with Gasteiger partial charge in [0.1, 0.15) is 5.75 Å². The van der Waals surface area contributed by atoms with Crippen LogP contribution in [0.2, 0.25) is 0 Å². The molecule has 4 heteroatoms. The number of methoxy groups -OCH3 is 1. The summed E-state index contributed by atoms with van der Waals surface area (Å²) in [4.78, 5) is 0. The summed E-state index contributed by atoms with van der Waals surface area (Å²) in [5.41, 5.74) is 9.73. The number of aryl methyl sites for hydroxylation is 2. The van der Waals surface area contributed by atoms with Gasteiger partial charge in [0.15, 0.2) is 0 Å². The third kappa shape index (κ3) is 3.11. The highest BCUT2D eigenvalue weighted by atomic mass is 16.5. The summed E-state index contributed by atoms with van der Waals surface area (Å²) in [6.45, 7) is 6.78. The van der Waals surface area contributed by atoms with E-state index in [0.717, 1.165) is 22.6 Å². The van der Waals surface area contributed by atoms with Crippen molar-refractivity contribution < 1.29 is 9.84 Å². The van der Waals surface area contributed by atoms with E-state index in [1.54, 1.807) is 7.11 Å². The fraction of sp³-hybridized carbons (Fsp3) is 0.538. The Kier molecular flexibility index (Phi) is 4.78. The van der Waals surface area contributed by atoms with E-state index in [4.69, 9.17) is 10.5 Å². The minimum atomic E-state index is -0.541. The molecule has 0 aliphatic heterocycles. The van der Waals surface area contributed by atoms with Gasteiger partial charge in [0.05, 0.1) is 18.9 Å². The van der Waals surface area contributed by atoms with Gasteiger partial charge < -0.3 is 20.9 Å². The van der Waals surface area contributed by atoms with Crippen molar-refractivity contribution in [2.75, 3.05) is 25.5 Å². The van der Waals surface area contributed by atoms with Gasteiger partial charge in [-0.1, -0.05) is 6.07 Å². The molecule has 4 N–H and O–H groups in total. The summed E-state index contributed by atoms with van der Waals surface area (Å²) >= 11 is 0. The van der Waals surface area contributed by atoms with Crippen LogP contribution >= 0.6 is 0 Å². The largest absolute Gasteiger partial charge is 0.494 e. The van der Waals surface area contributed by atoms with E-state index in [0.29, 0.717) is 6.54 Å². The number of nitrogens with one attached hydrogen (secondary N) is 1. The van der Waals surface area contributed by atoms with E-state index in [1.165, 1.54) is 5.56 Å². The average molecular weight is 238 g/mol. The number of ether oxygens (including phenoxy) is 1. The molecule has 0 spiro atoms. The number of hydrogen-bond donors (Lipinski definition) is 3. The summed E-state index contributed by atoms with van der Waals surface area (Å²) in [5, 5.41) is 12.7. The first-order valence-electron chi connectivity index (χ1n) is 5.78. The van der Waals surface area contributed by atoms with Crippen LogP contribution < -0.4 is 15.8 Å². The van der Waals surface area contributed by atoms with Crippen LogP contribution in [0.25, 0.3) is 0 Å². The molecule has 0 aromatic heterocycles. The van der Waals surface area contributed by atoms with Crippen LogP contribution in [0.15, 0.2) is 6.07 Å². The number of anilines is 1. The summed E-state index contributed by atoms with van der Waals surface area (Å²) in [6, 6.07) is 2.11. The topological polar surface area (TPSA) is 67.5 Å². The van der Waals surface area contributed by atoms with E-state index >= 15 is 0 Å². The van der Waals surface area contributed by atoms with E-state index in [2.05, 4.69) is 18.3 Å². The van der Waals surface area contributed by atoms with Crippen molar-refractivity contribution in [3.8, 4) is 5.75 Å². The summed E-state index contributed by atoms with van der Waals surface area (Å²) in [7, 11) is 1.66. The van der Waals surface area contributed by atoms with E-state index < -0.39 is 6.10 Å². The molecule has 0 bridgehead atoms. The van der Waals surface area contributed by atoms with E-state index in [-0.39, 0.29) is 6.54 Å². The van der Waals surface area contributed by atoms with Gasteiger partial charge in [0, 0.05) is 13.1 Å². The number of hydrogen-bond acceptors (Lipinski definition) is 4. The Bertz CT molecular complexity index is 391. The minimum Gasteiger partial charge on any atom is -0.494 e. The zero-order valence-electron chi connectivity index (χ0n) is 11.0. The van der Waals surface area contributed by atoms with Crippen molar-refractivity contribution in [2.45, 2.75) is 26.9 Å². The molecule has 0 aliphatic rings. The predicted octanol–water partition coefficient (Wildman–Crippen LogP) is 1.35. The second-order valence-corrected chi connectivity index (χ2v) is 4.31. The van der Waals surface area contributed by atoms with Gasteiger partial charge in [-0.25, -0.2) is 0 Å². The molecule has 0 saturated carbocycles. The van der Waals surface area contributed by atoms with E-state index in [1.807, 2.05) is 13.8 Å². The second kappa shape index (κ2) is 5.89. The molecular weight excluding hydrogens is 216 g/mol. The number of nitrogens with two attached hydrogens (primary N) is 1. The smallest absolute Gasteiger partial charge is 0.145 e. The van der Waals surface area contributed by atoms with Crippen LogP contribution in [0.3, 0.4) is 0 Å². The number of aliphatic hydroxyl groups is 1. The van der Waals surface area contributed by atoms with Crippen molar-refractivity contribution in [1.82, 2.24) is 0 Å². The third-order valence-corrected chi connectivity index (χ3v) is 2.98. The maximum Gasteiger partial charge on any atom is 0.145 e. The molecule has 1 aromatic carbocycles. The molecule has 0 fully saturated rings. The van der Waals surface area contributed by atoms with E-state index in [9.17, 15) is 5.11 Å². The number of aliphatic hydroxyl groups excluding tert-OH is 1. The van der Waals surface area contributed by atoms with Gasteiger partial charge in [-0.3, -0.25) is 0 Å². The lowest BCUT2D eigenvalue weighted by Gasteiger charge is -2.19. The molecule has 4 nitrogen and oxygen atoms in total. The van der Waals surface area contributed by atoms with Crippen molar-refractivity contribution in [3.05, 3.63) is 22.8 Å². The van der Waals surface area contributed by atoms with Gasteiger partial charge in [0.25, 0.3) is 0 Å². The lowest BCUT2D eigenvalue weighted by atomic mass is 10.0. The predicted molar refractivity (Wildman–Crippen MR) is 70.8 cm³/mol. The molecule has 0 amide bonds. The SMILES string of the molecule is COc1c(C)c(C)cc(C)c1NCC(O)CN. The Morgan fingerprint density at radius 2 is 2.00 bits per heavy atom. The normalized spacial score (nSPS) is 12.4. The molecule has 0 heterocycles. The molecule has 1 rings (SSSR count). The molecule has 17 heavy (non-hydrogen) atoms. The Morgan fingerprint density at radius 3 is 2.53 bits per heavy atom. The Morgan fingerprint density at radius 1 is 1.35 bits per heavy atom. The van der Waals surface area contributed by atoms with Gasteiger partial charge >= 0.3 is 0 Å². The molecule has 1 aromatic rings. The molecule has 0 saturated heterocycles. The van der Waals surface area contributed by atoms with Crippen LogP contribution in [0.5, 0.6) is 5.75 Å². The van der Waals surface area contributed by atoms with Crippen molar-refractivity contribution in [2.24, 2.45) is 5.73 Å². The quantitative estimate of drug-likeness (QED) is 0.724. The van der Waals surface area contributed by atoms with Gasteiger partial charge in [-0.2, -0.15) is 0 Å². The van der Waals surface area contributed by atoms with Gasteiger partial charge in [-0.15, -0.1) is 0 Å². The Hall–Kier alpha value is -1.26. The molecule has 0 aliphatic carbocycles. The van der Waals surface area contributed by atoms with Crippen molar-refractivity contribution in [3.63, 3.8) is 0 Å². The standard InChI is InChI=1S/C13H22N2O2/c1-8-5-9(2)12(13(17-4)10(8)3)15-7-11(16)6-14/h5,11,15-16H,6-7,14H2,1-4H3. The molecule has 0 radical (unpaired) electrons. The van der Waals surface area contributed by atoms with Crippen LogP contribution in [0.4, 0.5) is 5.69 Å². The highest BCUT2D eigenvalue weighted by Gasteiger charge is 2.12. The molecule has 1 unspecified atom stereocenters. The lowest BCUT2D eigenvalue weighted by molar-refractivity contribution is 0.196. The van der Waals surface area contributed by atoms with Crippen LogP contribution in [-0.4, -0.2) is 31.4 Å². The molecular formula is C13H22N2O2. The van der Waals surface area contributed by atoms with Crippen LogP contribution in [0.1, 0.15) is 16.7 Å². The maximum atomic E-state index is 9.47. The van der Waals surface area contributed by atoms with Gasteiger partial charge in [-0.05, 0) is 37.5 Å². The zero-order chi connectivity index (χ0) is 13.0. The van der Waals surface area contributed by atoms with Crippen LogP contribution in [-0.2, 0) is 0 Å². The Balaban J connectivity index is 3.01. The highest BCUT2D eigenvalue weighted by molar-refractivity contribution is 5.66. The molecule has 96 valence electrons. The van der Waals surface area contributed by atoms with Crippen molar-refractivity contribution in [1.29, 1.82) is 0 Å². The first-order chi connectivity index (χ1) is 8.01.